The van der Waals surface area contributed by atoms with E-state index < -0.39 is 0 Å². The van der Waals surface area contributed by atoms with Gasteiger partial charge >= 0.3 is 0 Å². The Labute approximate surface area is 96.4 Å². The maximum absolute atomic E-state index is 9.06. The normalized spacial score (nSPS) is 22.0. The first-order valence-electron chi connectivity index (χ1n) is 5.83. The molecule has 0 saturated carbocycles. The van der Waals surface area contributed by atoms with E-state index in [9.17, 15) is 0 Å². The van der Waals surface area contributed by atoms with Gasteiger partial charge in [-0.3, -0.25) is 0 Å². The summed E-state index contributed by atoms with van der Waals surface area (Å²) in [4.78, 5) is 0. The summed E-state index contributed by atoms with van der Waals surface area (Å²) in [6, 6.07) is 8.33. The molecule has 3 heteroatoms. The monoisotopic (exact) mass is 221 g/mol. The van der Waals surface area contributed by atoms with Crippen molar-refractivity contribution < 1.29 is 9.84 Å². The summed E-state index contributed by atoms with van der Waals surface area (Å²) in [5.74, 6) is 0.595. The largest absolute Gasteiger partial charge is 0.392 e. The highest BCUT2D eigenvalue weighted by Gasteiger charge is 2.21. The van der Waals surface area contributed by atoms with Gasteiger partial charge in [0.1, 0.15) is 0 Å². The third kappa shape index (κ3) is 2.74. The zero-order valence-electron chi connectivity index (χ0n) is 9.65. The molecule has 0 unspecified atom stereocenters. The van der Waals surface area contributed by atoms with Crippen LogP contribution in [-0.4, -0.2) is 24.4 Å². The van der Waals surface area contributed by atoms with Crippen molar-refractivity contribution in [2.24, 2.45) is 5.92 Å². The van der Waals surface area contributed by atoms with Gasteiger partial charge < -0.3 is 15.2 Å². The second-order valence-corrected chi connectivity index (χ2v) is 4.42. The van der Waals surface area contributed by atoms with Crippen LogP contribution in [0.4, 0.5) is 5.69 Å². The van der Waals surface area contributed by atoms with Crippen LogP contribution in [0.15, 0.2) is 24.3 Å². The minimum absolute atomic E-state index is 0.0937. The van der Waals surface area contributed by atoms with Crippen molar-refractivity contribution in [3.05, 3.63) is 29.8 Å². The van der Waals surface area contributed by atoms with E-state index >= 15 is 0 Å². The average Bonchev–Trinajstić information content (AvgIpc) is 2.83. The molecule has 16 heavy (non-hydrogen) atoms. The molecule has 0 aromatic heterocycles. The van der Waals surface area contributed by atoms with Crippen LogP contribution in [0.2, 0.25) is 0 Å². The van der Waals surface area contributed by atoms with Gasteiger partial charge in [-0.15, -0.1) is 0 Å². The predicted octanol–water partition coefficient (Wildman–Crippen LogP) is 2.02. The van der Waals surface area contributed by atoms with Crippen molar-refractivity contribution in [1.29, 1.82) is 0 Å². The summed E-state index contributed by atoms with van der Waals surface area (Å²) in [6.07, 6.45) is 1.13. The summed E-state index contributed by atoms with van der Waals surface area (Å²) >= 11 is 0. The van der Waals surface area contributed by atoms with Crippen molar-refractivity contribution in [2.75, 3.05) is 18.5 Å². The third-order valence-electron chi connectivity index (χ3n) is 3.18. The smallest absolute Gasteiger partial charge is 0.0682 e. The minimum atomic E-state index is 0.0937. The SMILES string of the molecule is C[C@@H](Nc1cccc(CO)c1)[C@@H]1CCOC1. The second kappa shape index (κ2) is 5.32. The van der Waals surface area contributed by atoms with Crippen LogP contribution in [0.25, 0.3) is 0 Å². The van der Waals surface area contributed by atoms with E-state index in [2.05, 4.69) is 12.2 Å². The van der Waals surface area contributed by atoms with Crippen molar-refractivity contribution in [2.45, 2.75) is 26.0 Å². The van der Waals surface area contributed by atoms with Gasteiger partial charge in [-0.1, -0.05) is 12.1 Å². The highest BCUT2D eigenvalue weighted by molar-refractivity contribution is 5.46. The van der Waals surface area contributed by atoms with Crippen LogP contribution in [0.1, 0.15) is 18.9 Å². The molecular formula is C13H19NO2. The predicted molar refractivity (Wildman–Crippen MR) is 64.4 cm³/mol. The molecule has 1 aromatic carbocycles. The topological polar surface area (TPSA) is 41.5 Å². The van der Waals surface area contributed by atoms with Crippen LogP contribution in [0.5, 0.6) is 0 Å². The van der Waals surface area contributed by atoms with Crippen molar-refractivity contribution in [3.8, 4) is 0 Å². The molecule has 0 aliphatic carbocycles. The van der Waals surface area contributed by atoms with Gasteiger partial charge in [-0.25, -0.2) is 0 Å². The molecule has 3 nitrogen and oxygen atoms in total. The number of benzene rings is 1. The van der Waals surface area contributed by atoms with Gasteiger partial charge in [0, 0.05) is 24.3 Å². The maximum atomic E-state index is 9.06. The van der Waals surface area contributed by atoms with Gasteiger partial charge in [-0.05, 0) is 31.0 Å². The molecule has 0 spiro atoms. The molecule has 2 N–H and O–H groups in total. The first-order chi connectivity index (χ1) is 7.79. The first-order valence-corrected chi connectivity index (χ1v) is 5.83. The van der Waals surface area contributed by atoms with E-state index in [1.54, 1.807) is 0 Å². The molecule has 2 atom stereocenters. The van der Waals surface area contributed by atoms with E-state index in [0.717, 1.165) is 30.9 Å². The zero-order chi connectivity index (χ0) is 11.4. The number of hydrogen-bond acceptors (Lipinski definition) is 3. The lowest BCUT2D eigenvalue weighted by molar-refractivity contribution is 0.183. The number of rotatable bonds is 4. The fourth-order valence-electron chi connectivity index (χ4n) is 2.09. The van der Waals surface area contributed by atoms with Crippen LogP contribution in [0, 0.1) is 5.92 Å². The van der Waals surface area contributed by atoms with E-state index in [0.29, 0.717) is 12.0 Å². The molecule has 2 rings (SSSR count). The van der Waals surface area contributed by atoms with Gasteiger partial charge in [0.15, 0.2) is 0 Å². The lowest BCUT2D eigenvalue weighted by atomic mass is 10.0. The maximum Gasteiger partial charge on any atom is 0.0682 e. The molecule has 1 heterocycles. The highest BCUT2D eigenvalue weighted by atomic mass is 16.5. The summed E-state index contributed by atoms with van der Waals surface area (Å²) in [6.45, 7) is 4.02. The van der Waals surface area contributed by atoms with Gasteiger partial charge in [0.2, 0.25) is 0 Å². The van der Waals surface area contributed by atoms with Crippen LogP contribution >= 0.6 is 0 Å². The first kappa shape index (κ1) is 11.4. The van der Waals surface area contributed by atoms with Crippen molar-refractivity contribution in [3.63, 3.8) is 0 Å². The number of ether oxygens (including phenoxy) is 1. The van der Waals surface area contributed by atoms with E-state index in [-0.39, 0.29) is 6.61 Å². The lowest BCUT2D eigenvalue weighted by Crippen LogP contribution is -2.26. The van der Waals surface area contributed by atoms with Gasteiger partial charge in [-0.2, -0.15) is 0 Å². The summed E-state index contributed by atoms with van der Waals surface area (Å²) in [5, 5.41) is 12.5. The van der Waals surface area contributed by atoms with Crippen LogP contribution < -0.4 is 5.32 Å². The molecular weight excluding hydrogens is 202 g/mol. The lowest BCUT2D eigenvalue weighted by Gasteiger charge is -2.20. The number of aliphatic hydroxyl groups is 1. The number of hydrogen-bond donors (Lipinski definition) is 2. The molecule has 1 saturated heterocycles. The van der Waals surface area contributed by atoms with Crippen molar-refractivity contribution in [1.82, 2.24) is 0 Å². The molecule has 1 aliphatic rings. The van der Waals surface area contributed by atoms with Crippen molar-refractivity contribution >= 4 is 5.69 Å². The average molecular weight is 221 g/mol. The fraction of sp³-hybridized carbons (Fsp3) is 0.538. The molecule has 88 valence electrons. The van der Waals surface area contributed by atoms with E-state index in [4.69, 9.17) is 9.84 Å². The standard InChI is InChI=1S/C13H19NO2/c1-10(12-5-6-16-9-12)14-13-4-2-3-11(7-13)8-15/h2-4,7,10,12,14-15H,5-6,8-9H2,1H3/t10-,12-/m1/s1. The third-order valence-corrected chi connectivity index (χ3v) is 3.18. The summed E-state index contributed by atoms with van der Waals surface area (Å²) < 4.78 is 5.38. The molecule has 1 fully saturated rings. The van der Waals surface area contributed by atoms with Gasteiger partial charge in [0.05, 0.1) is 13.2 Å². The Kier molecular flexibility index (Phi) is 3.80. The Bertz CT molecular complexity index is 334. The Morgan fingerprint density at radius 2 is 2.44 bits per heavy atom. The number of nitrogens with one attached hydrogen (secondary N) is 1. The van der Waals surface area contributed by atoms with Crippen LogP contribution in [0.3, 0.4) is 0 Å². The molecule has 0 amide bonds. The molecule has 0 bridgehead atoms. The Balaban J connectivity index is 1.96. The number of anilines is 1. The molecule has 1 aliphatic heterocycles. The highest BCUT2D eigenvalue weighted by Crippen LogP contribution is 2.20. The Morgan fingerprint density at radius 3 is 3.12 bits per heavy atom. The molecule has 1 aromatic rings. The van der Waals surface area contributed by atoms with E-state index in [1.165, 1.54) is 0 Å². The number of aliphatic hydroxyl groups excluding tert-OH is 1. The quantitative estimate of drug-likeness (QED) is 0.817. The minimum Gasteiger partial charge on any atom is -0.392 e. The fourth-order valence-corrected chi connectivity index (χ4v) is 2.09. The molecule has 0 radical (unpaired) electrons. The summed E-state index contributed by atoms with van der Waals surface area (Å²) in [7, 11) is 0. The Morgan fingerprint density at radius 1 is 1.56 bits per heavy atom. The van der Waals surface area contributed by atoms with Gasteiger partial charge in [0.25, 0.3) is 0 Å². The Hall–Kier alpha value is -1.06. The zero-order valence-corrected chi connectivity index (χ0v) is 9.65. The summed E-state index contributed by atoms with van der Waals surface area (Å²) in [5.41, 5.74) is 2.02. The van der Waals surface area contributed by atoms with E-state index in [1.807, 2.05) is 24.3 Å². The second-order valence-electron chi connectivity index (χ2n) is 4.42. The van der Waals surface area contributed by atoms with Crippen LogP contribution in [-0.2, 0) is 11.3 Å².